The Morgan fingerprint density at radius 1 is 1.44 bits per heavy atom. The number of nitrogens with one attached hydrogen (secondary N) is 1. The summed E-state index contributed by atoms with van der Waals surface area (Å²) in [6, 6.07) is 10.5. The summed E-state index contributed by atoms with van der Waals surface area (Å²) in [5, 5.41) is 3.47. The van der Waals surface area contributed by atoms with Gasteiger partial charge >= 0.3 is 0 Å². The molecule has 4 heteroatoms. The van der Waals surface area contributed by atoms with E-state index in [4.69, 9.17) is 4.74 Å². The first-order valence-electron chi connectivity index (χ1n) is 6.38. The average molecular weight is 248 g/mol. The van der Waals surface area contributed by atoms with Gasteiger partial charge in [0.25, 0.3) is 0 Å². The number of carbonyl (C=O) groups excluding carboxylic acids is 1. The number of likely N-dealkylation sites (tertiary alicyclic amines) is 1. The van der Waals surface area contributed by atoms with Crippen LogP contribution in [-0.4, -0.2) is 43.7 Å². The molecule has 0 saturated carbocycles. The molecule has 0 unspecified atom stereocenters. The Kier molecular flexibility index (Phi) is 4.59. The largest absolute Gasteiger partial charge is 0.381 e. The summed E-state index contributed by atoms with van der Waals surface area (Å²) >= 11 is 0. The molecule has 1 N–H and O–H groups in total. The first-order valence-corrected chi connectivity index (χ1v) is 6.38. The van der Waals surface area contributed by atoms with Crippen molar-refractivity contribution in [1.29, 1.82) is 0 Å². The summed E-state index contributed by atoms with van der Waals surface area (Å²) < 4.78 is 4.90. The summed E-state index contributed by atoms with van der Waals surface area (Å²) in [6.45, 7) is 1.78. The molecule has 0 aromatic heterocycles. The van der Waals surface area contributed by atoms with E-state index in [0.717, 1.165) is 31.6 Å². The van der Waals surface area contributed by atoms with Gasteiger partial charge in [-0.05, 0) is 25.0 Å². The van der Waals surface area contributed by atoms with E-state index >= 15 is 0 Å². The zero-order valence-electron chi connectivity index (χ0n) is 10.8. The zero-order valence-corrected chi connectivity index (χ0v) is 10.8. The molecule has 0 radical (unpaired) electrons. The lowest BCUT2D eigenvalue weighted by Crippen LogP contribution is -2.46. The molecule has 1 fully saturated rings. The van der Waals surface area contributed by atoms with Gasteiger partial charge in [-0.3, -0.25) is 4.79 Å². The summed E-state index contributed by atoms with van der Waals surface area (Å²) in [5.74, 6) is 0.0806. The van der Waals surface area contributed by atoms with Crippen LogP contribution >= 0.6 is 0 Å². The van der Waals surface area contributed by atoms with Gasteiger partial charge in [-0.1, -0.05) is 18.2 Å². The molecule has 1 amide bonds. The van der Waals surface area contributed by atoms with Crippen molar-refractivity contribution in [3.8, 4) is 0 Å². The van der Waals surface area contributed by atoms with E-state index in [1.54, 1.807) is 7.11 Å². The standard InChI is InChI=1S/C14H20N2O2/c1-18-11-14(17)16-9-5-8-13(10-16)15-12-6-3-2-4-7-12/h2-4,6-7,13,15H,5,8-11H2,1H3/t13-/m0/s1. The fourth-order valence-corrected chi connectivity index (χ4v) is 2.31. The second kappa shape index (κ2) is 6.40. The molecule has 1 heterocycles. The first-order chi connectivity index (χ1) is 8.79. The number of anilines is 1. The van der Waals surface area contributed by atoms with Crippen LogP contribution in [0.15, 0.2) is 30.3 Å². The number of benzene rings is 1. The molecule has 1 aliphatic heterocycles. The van der Waals surface area contributed by atoms with Crippen LogP contribution in [0.3, 0.4) is 0 Å². The molecule has 1 aromatic carbocycles. The maximum Gasteiger partial charge on any atom is 0.248 e. The summed E-state index contributed by atoms with van der Waals surface area (Å²) in [6.07, 6.45) is 2.14. The van der Waals surface area contributed by atoms with Crippen molar-refractivity contribution in [3.63, 3.8) is 0 Å². The predicted molar refractivity (Wildman–Crippen MR) is 71.5 cm³/mol. The lowest BCUT2D eigenvalue weighted by atomic mass is 10.1. The third-order valence-corrected chi connectivity index (χ3v) is 3.19. The number of para-hydroxylation sites is 1. The van der Waals surface area contributed by atoms with Gasteiger partial charge in [-0.15, -0.1) is 0 Å². The Hall–Kier alpha value is -1.55. The van der Waals surface area contributed by atoms with Crippen molar-refractivity contribution in [3.05, 3.63) is 30.3 Å². The molecule has 0 bridgehead atoms. The third kappa shape index (κ3) is 3.47. The molecular weight excluding hydrogens is 228 g/mol. The van der Waals surface area contributed by atoms with Gasteiger partial charge in [0.1, 0.15) is 6.61 Å². The molecule has 0 aliphatic carbocycles. The van der Waals surface area contributed by atoms with Gasteiger partial charge in [0, 0.05) is 31.9 Å². The highest BCUT2D eigenvalue weighted by Crippen LogP contribution is 2.15. The lowest BCUT2D eigenvalue weighted by Gasteiger charge is -2.33. The fourth-order valence-electron chi connectivity index (χ4n) is 2.31. The normalized spacial score (nSPS) is 19.6. The Morgan fingerprint density at radius 3 is 2.94 bits per heavy atom. The van der Waals surface area contributed by atoms with Crippen molar-refractivity contribution < 1.29 is 9.53 Å². The number of carbonyl (C=O) groups is 1. The number of amides is 1. The van der Waals surface area contributed by atoms with E-state index < -0.39 is 0 Å². The van der Waals surface area contributed by atoms with Crippen LogP contribution < -0.4 is 5.32 Å². The molecule has 98 valence electrons. The Labute approximate surface area is 108 Å². The van der Waals surface area contributed by atoms with E-state index in [2.05, 4.69) is 17.4 Å². The monoisotopic (exact) mass is 248 g/mol. The minimum atomic E-state index is 0.0806. The Morgan fingerprint density at radius 2 is 2.22 bits per heavy atom. The van der Waals surface area contributed by atoms with Crippen molar-refractivity contribution in [2.75, 3.05) is 32.1 Å². The molecule has 2 rings (SSSR count). The highest BCUT2D eigenvalue weighted by molar-refractivity contribution is 5.77. The van der Waals surface area contributed by atoms with Crippen molar-refractivity contribution >= 4 is 11.6 Å². The molecule has 0 spiro atoms. The van der Waals surface area contributed by atoms with E-state index in [1.165, 1.54) is 0 Å². The van der Waals surface area contributed by atoms with Crippen LogP contribution in [-0.2, 0) is 9.53 Å². The highest BCUT2D eigenvalue weighted by Gasteiger charge is 2.23. The zero-order chi connectivity index (χ0) is 12.8. The minimum absolute atomic E-state index is 0.0806. The van der Waals surface area contributed by atoms with Gasteiger partial charge in [0.2, 0.25) is 5.91 Å². The number of rotatable bonds is 4. The number of ether oxygens (including phenoxy) is 1. The van der Waals surface area contributed by atoms with Crippen LogP contribution in [0.2, 0.25) is 0 Å². The first kappa shape index (κ1) is 12.9. The second-order valence-corrected chi connectivity index (χ2v) is 4.62. The van der Waals surface area contributed by atoms with Crippen molar-refractivity contribution in [1.82, 2.24) is 4.90 Å². The van der Waals surface area contributed by atoms with Gasteiger partial charge in [0.15, 0.2) is 0 Å². The highest BCUT2D eigenvalue weighted by atomic mass is 16.5. The van der Waals surface area contributed by atoms with Crippen molar-refractivity contribution in [2.45, 2.75) is 18.9 Å². The lowest BCUT2D eigenvalue weighted by molar-refractivity contribution is -0.136. The smallest absolute Gasteiger partial charge is 0.248 e. The van der Waals surface area contributed by atoms with Crippen LogP contribution in [0.4, 0.5) is 5.69 Å². The fraction of sp³-hybridized carbons (Fsp3) is 0.500. The van der Waals surface area contributed by atoms with E-state index in [0.29, 0.717) is 6.04 Å². The molecule has 1 aromatic rings. The van der Waals surface area contributed by atoms with Crippen molar-refractivity contribution in [2.24, 2.45) is 0 Å². The summed E-state index contributed by atoms with van der Waals surface area (Å²) in [4.78, 5) is 13.7. The summed E-state index contributed by atoms with van der Waals surface area (Å²) in [7, 11) is 1.56. The average Bonchev–Trinajstić information content (AvgIpc) is 2.40. The van der Waals surface area contributed by atoms with Gasteiger partial charge in [0.05, 0.1) is 0 Å². The van der Waals surface area contributed by atoms with Gasteiger partial charge in [-0.2, -0.15) is 0 Å². The molecule has 1 saturated heterocycles. The van der Waals surface area contributed by atoms with E-state index in [9.17, 15) is 4.79 Å². The number of methoxy groups -OCH3 is 1. The van der Waals surface area contributed by atoms with Crippen LogP contribution in [0, 0.1) is 0 Å². The van der Waals surface area contributed by atoms with E-state index in [-0.39, 0.29) is 12.5 Å². The molecule has 1 atom stereocenters. The van der Waals surface area contributed by atoms with Crippen LogP contribution in [0.25, 0.3) is 0 Å². The molecule has 18 heavy (non-hydrogen) atoms. The number of piperidine rings is 1. The second-order valence-electron chi connectivity index (χ2n) is 4.62. The Bertz CT molecular complexity index is 381. The number of nitrogens with zero attached hydrogens (tertiary/aromatic N) is 1. The van der Waals surface area contributed by atoms with Gasteiger partial charge in [-0.25, -0.2) is 0 Å². The summed E-state index contributed by atoms with van der Waals surface area (Å²) in [5.41, 5.74) is 1.11. The van der Waals surface area contributed by atoms with Gasteiger partial charge < -0.3 is 15.0 Å². The number of hydrogen-bond acceptors (Lipinski definition) is 3. The topological polar surface area (TPSA) is 41.6 Å². The van der Waals surface area contributed by atoms with Crippen LogP contribution in [0.5, 0.6) is 0 Å². The molecule has 4 nitrogen and oxygen atoms in total. The number of hydrogen-bond donors (Lipinski definition) is 1. The van der Waals surface area contributed by atoms with Crippen LogP contribution in [0.1, 0.15) is 12.8 Å². The predicted octanol–water partition coefficient (Wildman–Crippen LogP) is 1.74. The van der Waals surface area contributed by atoms with E-state index in [1.807, 2.05) is 23.1 Å². The minimum Gasteiger partial charge on any atom is -0.381 e. The SMILES string of the molecule is COCC(=O)N1CCC[C@H](Nc2ccccc2)C1. The Balaban J connectivity index is 1.89. The quantitative estimate of drug-likeness (QED) is 0.882. The third-order valence-electron chi connectivity index (χ3n) is 3.19. The maximum absolute atomic E-state index is 11.8. The molecular formula is C14H20N2O2. The maximum atomic E-state index is 11.8. The molecule has 1 aliphatic rings.